The van der Waals surface area contributed by atoms with E-state index in [0.29, 0.717) is 6.42 Å². The highest BCUT2D eigenvalue weighted by Gasteiger charge is 2.12. The first-order valence-electron chi connectivity index (χ1n) is 7.84. The topological polar surface area (TPSA) is 105 Å². The molecule has 0 spiro atoms. The van der Waals surface area contributed by atoms with Crippen molar-refractivity contribution in [1.82, 2.24) is 14.6 Å². The van der Waals surface area contributed by atoms with E-state index in [-0.39, 0.29) is 34.9 Å². The van der Waals surface area contributed by atoms with E-state index in [1.54, 1.807) is 4.52 Å². The number of aliphatic hydroxyl groups excluding tert-OH is 1. The van der Waals surface area contributed by atoms with Crippen LogP contribution < -0.4 is 10.6 Å². The van der Waals surface area contributed by atoms with Gasteiger partial charge in [0.05, 0.1) is 6.42 Å². The average molecular weight is 319 g/mol. The first-order chi connectivity index (χ1) is 11.0. The average Bonchev–Trinajstić information content (AvgIpc) is 2.98. The summed E-state index contributed by atoms with van der Waals surface area (Å²) in [5.41, 5.74) is 0.693. The van der Waals surface area contributed by atoms with E-state index in [9.17, 15) is 14.7 Å². The number of fused-ring (bicyclic) bond motifs is 1. The third-order valence-electron chi connectivity index (χ3n) is 3.74. The molecule has 0 atom stereocenters. The molecule has 0 aliphatic rings. The number of hydrogen-bond acceptors (Lipinski definition) is 5. The number of hydrogen-bond donors (Lipinski definition) is 2. The summed E-state index contributed by atoms with van der Waals surface area (Å²) in [6.07, 6.45) is 6.01. The van der Waals surface area contributed by atoms with Gasteiger partial charge in [-0.05, 0) is 12.8 Å². The Kier molecular flexibility index (Phi) is 5.67. The van der Waals surface area contributed by atoms with Gasteiger partial charge in [-0.3, -0.25) is 9.59 Å². The summed E-state index contributed by atoms with van der Waals surface area (Å²) in [6.45, 7) is 2.13. The molecule has 0 aliphatic carbocycles. The first kappa shape index (κ1) is 16.9. The highest BCUT2D eigenvalue weighted by Crippen LogP contribution is 2.07. The summed E-state index contributed by atoms with van der Waals surface area (Å²) < 4.78 is 1.56. The van der Waals surface area contributed by atoms with Crippen molar-refractivity contribution in [2.45, 2.75) is 51.9 Å². The Morgan fingerprint density at radius 1 is 1.22 bits per heavy atom. The van der Waals surface area contributed by atoms with Crippen molar-refractivity contribution in [3.63, 3.8) is 0 Å². The molecule has 2 rings (SSSR count). The number of rotatable bonds is 8. The number of carbonyl (C=O) groups is 1. The van der Waals surface area contributed by atoms with E-state index in [2.05, 4.69) is 17.0 Å². The maximum Gasteiger partial charge on any atom is 0.303 e. The molecule has 0 unspecified atom stereocenters. The minimum atomic E-state index is -1.03. The number of unbranched alkanes of at least 4 members (excludes halogenated alkanes) is 3. The number of carboxylic acid groups (broad SMARTS) is 1. The van der Waals surface area contributed by atoms with Crippen LogP contribution in [0.4, 0.5) is 0 Å². The number of aliphatic hydroxyl groups is 1. The highest BCUT2D eigenvalue weighted by atomic mass is 16.4. The van der Waals surface area contributed by atoms with Crippen molar-refractivity contribution < 1.29 is 15.0 Å². The van der Waals surface area contributed by atoms with Crippen LogP contribution in [0.25, 0.3) is 11.4 Å². The van der Waals surface area contributed by atoms with Crippen molar-refractivity contribution in [1.29, 1.82) is 0 Å². The predicted octanol–water partition coefficient (Wildman–Crippen LogP) is 1.46. The Morgan fingerprint density at radius 3 is 2.70 bits per heavy atom. The predicted molar refractivity (Wildman–Crippen MR) is 85.2 cm³/mol. The maximum atomic E-state index is 12.3. The Hall–Kier alpha value is -2.44. The molecular weight excluding hydrogens is 298 g/mol. The normalized spacial score (nSPS) is 12.6. The number of nitrogens with zero attached hydrogens (tertiary/aromatic N) is 3. The molecule has 2 aromatic rings. The maximum absolute atomic E-state index is 12.3. The molecular formula is C16H21N3O4. The van der Waals surface area contributed by atoms with Crippen molar-refractivity contribution >= 4 is 17.4 Å². The van der Waals surface area contributed by atoms with Gasteiger partial charge in [0.15, 0.2) is 11.1 Å². The van der Waals surface area contributed by atoms with E-state index in [4.69, 9.17) is 5.11 Å². The quantitative estimate of drug-likeness (QED) is 0.714. The van der Waals surface area contributed by atoms with Crippen LogP contribution in [0.5, 0.6) is 0 Å². The number of aromatic nitrogens is 3. The lowest BCUT2D eigenvalue weighted by atomic mass is 10.1. The molecule has 0 aromatic carbocycles. The molecule has 0 saturated heterocycles. The van der Waals surface area contributed by atoms with Crippen LogP contribution in [0.1, 0.15) is 51.1 Å². The second-order valence-corrected chi connectivity index (χ2v) is 5.52. The van der Waals surface area contributed by atoms with E-state index in [1.165, 1.54) is 12.4 Å². The smallest absolute Gasteiger partial charge is 0.303 e. The summed E-state index contributed by atoms with van der Waals surface area (Å²) in [5, 5.41) is 22.9. The summed E-state index contributed by atoms with van der Waals surface area (Å²) in [4.78, 5) is 27.0. The van der Waals surface area contributed by atoms with Crippen LogP contribution in [0.3, 0.4) is 0 Å². The zero-order valence-electron chi connectivity index (χ0n) is 13.2. The Morgan fingerprint density at radius 2 is 2.00 bits per heavy atom. The number of carboxylic acids is 1. The zero-order valence-corrected chi connectivity index (χ0v) is 13.2. The summed E-state index contributed by atoms with van der Waals surface area (Å²) in [6, 6.07) is 1.46. The molecule has 23 heavy (non-hydrogen) atoms. The Bertz CT molecular complexity index is 797. The minimum Gasteiger partial charge on any atom is -0.511 e. The summed E-state index contributed by atoms with van der Waals surface area (Å²) >= 11 is 0. The lowest BCUT2D eigenvalue weighted by Gasteiger charge is -2.05. The second kappa shape index (κ2) is 7.71. The molecule has 2 aromatic heterocycles. The minimum absolute atomic E-state index is 0.0426. The molecule has 0 fully saturated rings. The van der Waals surface area contributed by atoms with Gasteiger partial charge in [-0.1, -0.05) is 26.2 Å². The second-order valence-electron chi connectivity index (χ2n) is 5.52. The molecule has 2 heterocycles. The van der Waals surface area contributed by atoms with Crippen LogP contribution in [-0.4, -0.2) is 30.8 Å². The van der Waals surface area contributed by atoms with Crippen LogP contribution in [0.2, 0.25) is 0 Å². The van der Waals surface area contributed by atoms with Gasteiger partial charge in [0.1, 0.15) is 17.3 Å². The van der Waals surface area contributed by atoms with Crippen molar-refractivity contribution in [2.75, 3.05) is 0 Å². The van der Waals surface area contributed by atoms with E-state index in [1.807, 2.05) is 0 Å². The molecule has 0 radical (unpaired) electrons. The van der Waals surface area contributed by atoms with Gasteiger partial charge in [-0.2, -0.15) is 5.10 Å². The molecule has 0 aliphatic heterocycles. The van der Waals surface area contributed by atoms with Gasteiger partial charge < -0.3 is 10.2 Å². The number of aryl methyl sites for hydroxylation is 1. The van der Waals surface area contributed by atoms with Gasteiger partial charge >= 0.3 is 5.97 Å². The fourth-order valence-corrected chi connectivity index (χ4v) is 2.55. The van der Waals surface area contributed by atoms with Crippen molar-refractivity contribution in [3.8, 4) is 0 Å². The molecule has 124 valence electrons. The van der Waals surface area contributed by atoms with E-state index in [0.717, 1.165) is 31.4 Å². The molecule has 7 nitrogen and oxygen atoms in total. The summed E-state index contributed by atoms with van der Waals surface area (Å²) in [5.74, 6) is -1.29. The van der Waals surface area contributed by atoms with Gasteiger partial charge in [-0.15, -0.1) is 0 Å². The lowest BCUT2D eigenvalue weighted by Crippen LogP contribution is -2.31. The molecule has 0 saturated carbocycles. The van der Waals surface area contributed by atoms with E-state index < -0.39 is 5.97 Å². The first-order valence-corrected chi connectivity index (χ1v) is 7.84. The fourth-order valence-electron chi connectivity index (χ4n) is 2.55. The Labute approximate surface area is 133 Å². The van der Waals surface area contributed by atoms with E-state index >= 15 is 0 Å². The third kappa shape index (κ3) is 4.06. The standard InChI is InChI=1S/C16H21N3O4/c1-2-3-4-5-6-11-9-13(21)15(12(20)7-8-14(22)23)16-17-10-18-19(11)16/h9-10,20H,2-8H2,1H3,(H,22,23). The van der Waals surface area contributed by atoms with Gasteiger partial charge in [-0.25, -0.2) is 9.50 Å². The van der Waals surface area contributed by atoms with Crippen molar-refractivity contribution in [2.24, 2.45) is 0 Å². The van der Waals surface area contributed by atoms with Crippen molar-refractivity contribution in [3.05, 3.63) is 33.5 Å². The zero-order chi connectivity index (χ0) is 16.8. The van der Waals surface area contributed by atoms with Gasteiger partial charge in [0, 0.05) is 18.2 Å². The third-order valence-corrected chi connectivity index (χ3v) is 3.74. The molecule has 7 heteroatoms. The molecule has 0 bridgehead atoms. The van der Waals surface area contributed by atoms with Crippen LogP contribution >= 0.6 is 0 Å². The summed E-state index contributed by atoms with van der Waals surface area (Å²) in [7, 11) is 0. The van der Waals surface area contributed by atoms with Crippen LogP contribution in [0, 0.1) is 0 Å². The molecule has 0 amide bonds. The fraction of sp³-hybridized carbons (Fsp3) is 0.500. The Balaban J connectivity index is 2.40. The number of pyridine rings is 1. The van der Waals surface area contributed by atoms with Gasteiger partial charge in [0.2, 0.25) is 0 Å². The van der Waals surface area contributed by atoms with Crippen LogP contribution in [-0.2, 0) is 11.2 Å². The SMILES string of the molecule is CCCCCCc1cc(=O)c(=C(O)CCC(=O)O)c2ncnn12. The van der Waals surface area contributed by atoms with Crippen LogP contribution in [0.15, 0.2) is 17.2 Å². The monoisotopic (exact) mass is 319 g/mol. The largest absolute Gasteiger partial charge is 0.511 e. The highest BCUT2D eigenvalue weighted by molar-refractivity contribution is 5.68. The lowest BCUT2D eigenvalue weighted by molar-refractivity contribution is -0.136. The molecule has 2 N–H and O–H groups in total. The van der Waals surface area contributed by atoms with Gasteiger partial charge in [0.25, 0.3) is 0 Å². The number of aliphatic carboxylic acids is 1.